The van der Waals surface area contributed by atoms with Crippen LogP contribution in [0.2, 0.25) is 5.02 Å². The molecule has 6 nitrogen and oxygen atoms in total. The number of carbonyl (C=O) groups excluding carboxylic acids is 3. The molecule has 1 fully saturated rings. The third-order valence-corrected chi connectivity index (χ3v) is 4.70. The van der Waals surface area contributed by atoms with Gasteiger partial charge in [0.1, 0.15) is 0 Å². The minimum absolute atomic E-state index is 0.120. The third kappa shape index (κ3) is 4.53. The van der Waals surface area contributed by atoms with Crippen molar-refractivity contribution in [3.63, 3.8) is 0 Å². The first-order valence-corrected chi connectivity index (χ1v) is 9.05. The van der Waals surface area contributed by atoms with Crippen LogP contribution in [0.1, 0.15) is 18.9 Å². The van der Waals surface area contributed by atoms with Gasteiger partial charge >= 0.3 is 0 Å². The predicted octanol–water partition coefficient (Wildman–Crippen LogP) is 2.76. The van der Waals surface area contributed by atoms with Crippen LogP contribution in [-0.4, -0.2) is 30.3 Å². The molecule has 2 aromatic carbocycles. The summed E-state index contributed by atoms with van der Waals surface area (Å²) in [5, 5.41) is 6.49. The molecule has 1 aliphatic rings. The Kier molecular flexibility index (Phi) is 5.88. The number of nitrogens with one attached hydrogen (secondary N) is 2. The number of amides is 3. The summed E-state index contributed by atoms with van der Waals surface area (Å²) >= 11 is 6.14. The number of hydrogen-bond acceptors (Lipinski definition) is 4. The van der Waals surface area contributed by atoms with Gasteiger partial charge < -0.3 is 10.6 Å². The molecule has 1 heterocycles. The van der Waals surface area contributed by atoms with Crippen molar-refractivity contribution in [2.24, 2.45) is 0 Å². The smallest absolute Gasteiger partial charge is 0.251 e. The molecule has 1 atom stereocenters. The number of carbonyl (C=O) groups is 3. The number of imide groups is 1. The Balaban J connectivity index is 1.61. The van der Waals surface area contributed by atoms with Crippen molar-refractivity contribution in [1.82, 2.24) is 5.32 Å². The molecule has 3 rings (SSSR count). The molecule has 7 heteroatoms. The van der Waals surface area contributed by atoms with Crippen molar-refractivity contribution in [3.05, 3.63) is 59.1 Å². The Morgan fingerprint density at radius 1 is 1.15 bits per heavy atom. The fourth-order valence-corrected chi connectivity index (χ4v) is 3.27. The van der Waals surface area contributed by atoms with E-state index in [1.54, 1.807) is 24.3 Å². The number of benzene rings is 2. The van der Waals surface area contributed by atoms with E-state index in [1.165, 1.54) is 11.8 Å². The van der Waals surface area contributed by atoms with Gasteiger partial charge in [-0.15, -0.1) is 0 Å². The van der Waals surface area contributed by atoms with Gasteiger partial charge in [-0.25, -0.2) is 4.90 Å². The summed E-state index contributed by atoms with van der Waals surface area (Å²) in [6.07, 6.45) is 0.790. The van der Waals surface area contributed by atoms with E-state index >= 15 is 0 Å². The molecule has 1 unspecified atom stereocenters. The van der Waals surface area contributed by atoms with E-state index in [4.69, 9.17) is 11.6 Å². The van der Waals surface area contributed by atoms with Crippen LogP contribution in [0.15, 0.2) is 48.5 Å². The van der Waals surface area contributed by atoms with Gasteiger partial charge in [0, 0.05) is 17.6 Å². The van der Waals surface area contributed by atoms with Gasteiger partial charge in [-0.05, 0) is 48.9 Å². The lowest BCUT2D eigenvalue weighted by Crippen LogP contribution is -2.39. The largest absolute Gasteiger partial charge is 0.326 e. The molecule has 0 bridgehead atoms. The molecule has 3 amide bonds. The van der Waals surface area contributed by atoms with Gasteiger partial charge in [0.2, 0.25) is 11.8 Å². The molecule has 0 aromatic heterocycles. The van der Waals surface area contributed by atoms with Crippen LogP contribution in [0.25, 0.3) is 0 Å². The van der Waals surface area contributed by atoms with Crippen molar-refractivity contribution in [3.8, 4) is 0 Å². The molecule has 0 saturated carbocycles. The number of nitrogens with zero attached hydrogens (tertiary/aromatic N) is 1. The minimum atomic E-state index is -0.546. The van der Waals surface area contributed by atoms with Crippen LogP contribution in [0.3, 0.4) is 0 Å². The van der Waals surface area contributed by atoms with E-state index in [2.05, 4.69) is 10.6 Å². The standard InChI is InChI=1S/C20H20ClN3O3/c1-13(25)23-15-6-8-16(9-7-15)24-19(26)12-18(20(24)27)22-11-10-14-4-2-3-5-17(14)21/h2-9,18,22H,10-12H2,1H3,(H,23,25). The molecule has 2 aromatic rings. The summed E-state index contributed by atoms with van der Waals surface area (Å²) in [5.41, 5.74) is 2.10. The molecule has 140 valence electrons. The van der Waals surface area contributed by atoms with E-state index < -0.39 is 6.04 Å². The summed E-state index contributed by atoms with van der Waals surface area (Å²) in [5.74, 6) is -0.701. The highest BCUT2D eigenvalue weighted by atomic mass is 35.5. The van der Waals surface area contributed by atoms with Crippen LogP contribution in [-0.2, 0) is 20.8 Å². The van der Waals surface area contributed by atoms with Crippen molar-refractivity contribution in [1.29, 1.82) is 0 Å². The number of rotatable bonds is 6. The molecule has 27 heavy (non-hydrogen) atoms. The molecule has 1 aliphatic heterocycles. The molecular formula is C20H20ClN3O3. The highest BCUT2D eigenvalue weighted by molar-refractivity contribution is 6.31. The zero-order valence-corrected chi connectivity index (χ0v) is 15.6. The summed E-state index contributed by atoms with van der Waals surface area (Å²) in [6, 6.07) is 13.6. The highest BCUT2D eigenvalue weighted by Gasteiger charge is 2.39. The number of halogens is 1. The fourth-order valence-electron chi connectivity index (χ4n) is 3.04. The quantitative estimate of drug-likeness (QED) is 0.749. The lowest BCUT2D eigenvalue weighted by molar-refractivity contribution is -0.121. The van der Waals surface area contributed by atoms with Crippen molar-refractivity contribution < 1.29 is 14.4 Å². The van der Waals surface area contributed by atoms with Gasteiger partial charge in [-0.3, -0.25) is 14.4 Å². The van der Waals surface area contributed by atoms with Crippen LogP contribution in [0.4, 0.5) is 11.4 Å². The topological polar surface area (TPSA) is 78.5 Å². The van der Waals surface area contributed by atoms with Gasteiger partial charge in [0.15, 0.2) is 0 Å². The maximum Gasteiger partial charge on any atom is 0.251 e. The Morgan fingerprint density at radius 2 is 1.85 bits per heavy atom. The normalized spacial score (nSPS) is 16.7. The molecule has 0 aliphatic carbocycles. The van der Waals surface area contributed by atoms with E-state index in [9.17, 15) is 14.4 Å². The Labute approximate surface area is 162 Å². The first-order chi connectivity index (χ1) is 13.0. The maximum absolute atomic E-state index is 12.6. The Hall–Kier alpha value is -2.70. The van der Waals surface area contributed by atoms with Gasteiger partial charge in [-0.1, -0.05) is 29.8 Å². The van der Waals surface area contributed by atoms with Crippen LogP contribution in [0.5, 0.6) is 0 Å². The second-order valence-electron chi connectivity index (χ2n) is 6.35. The van der Waals surface area contributed by atoms with Crippen LogP contribution >= 0.6 is 11.6 Å². The SMILES string of the molecule is CC(=O)Nc1ccc(N2C(=O)CC(NCCc3ccccc3Cl)C2=O)cc1. The molecule has 2 N–H and O–H groups in total. The predicted molar refractivity (Wildman–Crippen MR) is 105 cm³/mol. The average Bonchev–Trinajstić information content (AvgIpc) is 2.91. The fraction of sp³-hybridized carbons (Fsp3) is 0.250. The van der Waals surface area contributed by atoms with Gasteiger partial charge in [0.05, 0.1) is 18.2 Å². The highest BCUT2D eigenvalue weighted by Crippen LogP contribution is 2.24. The summed E-state index contributed by atoms with van der Waals surface area (Å²) in [7, 11) is 0. The zero-order valence-electron chi connectivity index (χ0n) is 14.9. The van der Waals surface area contributed by atoms with Crippen molar-refractivity contribution >= 4 is 40.7 Å². The third-order valence-electron chi connectivity index (χ3n) is 4.34. The average molecular weight is 386 g/mol. The molecule has 0 radical (unpaired) electrons. The molecule has 0 spiro atoms. The zero-order chi connectivity index (χ0) is 19.4. The van der Waals surface area contributed by atoms with E-state index in [-0.39, 0.29) is 24.1 Å². The second-order valence-corrected chi connectivity index (χ2v) is 6.75. The van der Waals surface area contributed by atoms with Gasteiger partial charge in [-0.2, -0.15) is 0 Å². The van der Waals surface area contributed by atoms with E-state index in [0.717, 1.165) is 5.56 Å². The molecule has 1 saturated heterocycles. The monoisotopic (exact) mass is 385 g/mol. The lowest BCUT2D eigenvalue weighted by atomic mass is 10.1. The maximum atomic E-state index is 12.6. The number of anilines is 2. The first-order valence-electron chi connectivity index (χ1n) is 8.67. The van der Waals surface area contributed by atoms with E-state index in [0.29, 0.717) is 29.4 Å². The van der Waals surface area contributed by atoms with Crippen molar-refractivity contribution in [2.45, 2.75) is 25.8 Å². The van der Waals surface area contributed by atoms with E-state index in [1.807, 2.05) is 24.3 Å². The summed E-state index contributed by atoms with van der Waals surface area (Å²) in [6.45, 7) is 1.96. The lowest BCUT2D eigenvalue weighted by Gasteiger charge is -2.16. The van der Waals surface area contributed by atoms with Crippen LogP contribution < -0.4 is 15.5 Å². The Bertz CT molecular complexity index is 867. The van der Waals surface area contributed by atoms with Crippen molar-refractivity contribution in [2.75, 3.05) is 16.8 Å². The second kappa shape index (κ2) is 8.33. The summed E-state index contributed by atoms with van der Waals surface area (Å²) < 4.78 is 0. The van der Waals surface area contributed by atoms with Crippen LogP contribution in [0, 0.1) is 0 Å². The first kappa shape index (κ1) is 19.1. The summed E-state index contributed by atoms with van der Waals surface area (Å²) in [4.78, 5) is 37.2. The number of hydrogen-bond donors (Lipinski definition) is 2. The minimum Gasteiger partial charge on any atom is -0.326 e. The Morgan fingerprint density at radius 3 is 2.52 bits per heavy atom. The molecular weight excluding hydrogens is 366 g/mol. The van der Waals surface area contributed by atoms with Gasteiger partial charge in [0.25, 0.3) is 5.91 Å².